The fourth-order valence-electron chi connectivity index (χ4n) is 3.44. The van der Waals surface area contributed by atoms with Gasteiger partial charge < -0.3 is 10.2 Å². The molecule has 0 radical (unpaired) electrons. The van der Waals surface area contributed by atoms with Crippen molar-refractivity contribution in [3.05, 3.63) is 0 Å². The molecule has 140 valence electrons. The van der Waals surface area contributed by atoms with Crippen molar-refractivity contribution in [2.75, 3.05) is 0 Å². The van der Waals surface area contributed by atoms with E-state index in [1.807, 2.05) is 6.92 Å². The lowest BCUT2D eigenvalue weighted by Gasteiger charge is -2.24. The monoisotopic (exact) mass is 328 g/mol. The average Bonchev–Trinajstić information content (AvgIpc) is 2.46. The number of hydrogen-bond acceptors (Lipinski definition) is 2. The van der Waals surface area contributed by atoms with Gasteiger partial charge in [0, 0.05) is 6.42 Å². The maximum absolute atomic E-state index is 10.1. The van der Waals surface area contributed by atoms with Crippen molar-refractivity contribution < 1.29 is 10.2 Å². The molecule has 0 saturated carbocycles. The summed E-state index contributed by atoms with van der Waals surface area (Å²) < 4.78 is 0. The van der Waals surface area contributed by atoms with Crippen molar-refractivity contribution >= 4 is 0 Å². The van der Waals surface area contributed by atoms with Crippen LogP contribution in [0.2, 0.25) is 0 Å². The summed E-state index contributed by atoms with van der Waals surface area (Å²) in [5.41, 5.74) is -0.689. The van der Waals surface area contributed by atoms with Gasteiger partial charge in [-0.2, -0.15) is 0 Å². The van der Waals surface area contributed by atoms with Gasteiger partial charge in [0.2, 0.25) is 0 Å². The number of hydrogen-bond donors (Lipinski definition) is 2. The first kappa shape index (κ1) is 22.9. The maximum Gasteiger partial charge on any atom is 0.0644 e. The second-order valence-electron chi connectivity index (χ2n) is 7.90. The molecule has 0 saturated heterocycles. The van der Waals surface area contributed by atoms with Gasteiger partial charge in [0.05, 0.1) is 11.7 Å². The van der Waals surface area contributed by atoms with E-state index >= 15 is 0 Å². The van der Waals surface area contributed by atoms with Crippen LogP contribution in [0.4, 0.5) is 0 Å². The van der Waals surface area contributed by atoms with Crippen LogP contribution in [0.15, 0.2) is 0 Å². The van der Waals surface area contributed by atoms with Gasteiger partial charge in [0.1, 0.15) is 0 Å². The van der Waals surface area contributed by atoms with Crippen molar-refractivity contribution in [1.29, 1.82) is 0 Å². The minimum atomic E-state index is -0.689. The normalized spacial score (nSPS) is 15.5. The highest BCUT2D eigenvalue weighted by Crippen LogP contribution is 2.21. The van der Waals surface area contributed by atoms with Gasteiger partial charge in [-0.15, -0.1) is 0 Å². The van der Waals surface area contributed by atoms with E-state index in [0.717, 1.165) is 12.8 Å². The molecule has 0 rings (SSSR count). The molecule has 0 aromatic heterocycles. The van der Waals surface area contributed by atoms with Gasteiger partial charge in [0.15, 0.2) is 0 Å². The fourth-order valence-corrected chi connectivity index (χ4v) is 3.44. The first-order chi connectivity index (χ1) is 11.0. The highest BCUT2D eigenvalue weighted by Gasteiger charge is 2.21. The molecule has 0 aromatic rings. The SMILES string of the molecule is CCCCCCCCCCCCCCCCC(C)(O)CC(C)O. The van der Waals surface area contributed by atoms with Gasteiger partial charge >= 0.3 is 0 Å². The molecule has 2 unspecified atom stereocenters. The zero-order chi connectivity index (χ0) is 17.4. The topological polar surface area (TPSA) is 40.5 Å². The van der Waals surface area contributed by atoms with Gasteiger partial charge in [-0.25, -0.2) is 0 Å². The number of aliphatic hydroxyl groups is 2. The van der Waals surface area contributed by atoms with E-state index in [-0.39, 0.29) is 0 Å². The Labute approximate surface area is 146 Å². The zero-order valence-corrected chi connectivity index (χ0v) is 16.3. The number of unbranched alkanes of at least 4 members (excludes halogenated alkanes) is 13. The van der Waals surface area contributed by atoms with E-state index in [9.17, 15) is 10.2 Å². The van der Waals surface area contributed by atoms with Crippen molar-refractivity contribution in [2.24, 2.45) is 0 Å². The first-order valence-corrected chi connectivity index (χ1v) is 10.4. The number of rotatable bonds is 17. The van der Waals surface area contributed by atoms with Crippen LogP contribution in [0.25, 0.3) is 0 Å². The van der Waals surface area contributed by atoms with Gasteiger partial charge in [0.25, 0.3) is 0 Å². The van der Waals surface area contributed by atoms with E-state index in [1.54, 1.807) is 6.92 Å². The molecule has 2 N–H and O–H groups in total. The Balaban J connectivity index is 3.19. The molecule has 0 spiro atoms. The average molecular weight is 329 g/mol. The molecular weight excluding hydrogens is 284 g/mol. The van der Waals surface area contributed by atoms with Crippen LogP contribution in [0.1, 0.15) is 124 Å². The Morgan fingerprint density at radius 1 is 0.696 bits per heavy atom. The summed E-state index contributed by atoms with van der Waals surface area (Å²) >= 11 is 0. The Hall–Kier alpha value is -0.0800. The van der Waals surface area contributed by atoms with Crippen LogP contribution >= 0.6 is 0 Å². The van der Waals surface area contributed by atoms with Crippen LogP contribution in [-0.4, -0.2) is 21.9 Å². The van der Waals surface area contributed by atoms with Crippen LogP contribution in [0.5, 0.6) is 0 Å². The van der Waals surface area contributed by atoms with E-state index in [1.165, 1.54) is 83.5 Å². The second kappa shape index (κ2) is 15.4. The Morgan fingerprint density at radius 3 is 1.39 bits per heavy atom. The van der Waals surface area contributed by atoms with Gasteiger partial charge in [-0.3, -0.25) is 0 Å². The maximum atomic E-state index is 10.1. The molecule has 0 aliphatic heterocycles. The summed E-state index contributed by atoms with van der Waals surface area (Å²) in [6.45, 7) is 5.87. The van der Waals surface area contributed by atoms with Crippen molar-refractivity contribution in [3.63, 3.8) is 0 Å². The first-order valence-electron chi connectivity index (χ1n) is 10.4. The minimum absolute atomic E-state index is 0.406. The summed E-state index contributed by atoms with van der Waals surface area (Å²) in [5, 5.41) is 19.5. The molecule has 0 fully saturated rings. The Morgan fingerprint density at radius 2 is 1.04 bits per heavy atom. The molecule has 2 heteroatoms. The molecular formula is C21H44O2. The van der Waals surface area contributed by atoms with Crippen LogP contribution in [0.3, 0.4) is 0 Å². The Bertz CT molecular complexity index is 236. The fraction of sp³-hybridized carbons (Fsp3) is 1.00. The van der Waals surface area contributed by atoms with E-state index in [2.05, 4.69) is 6.92 Å². The van der Waals surface area contributed by atoms with E-state index in [4.69, 9.17) is 0 Å². The van der Waals surface area contributed by atoms with E-state index < -0.39 is 11.7 Å². The summed E-state index contributed by atoms with van der Waals surface area (Å²) in [6, 6.07) is 0. The van der Waals surface area contributed by atoms with Gasteiger partial charge in [-0.1, -0.05) is 96.8 Å². The molecule has 2 nitrogen and oxygen atoms in total. The molecule has 0 aliphatic carbocycles. The molecule has 0 bridgehead atoms. The van der Waals surface area contributed by atoms with Crippen LogP contribution in [-0.2, 0) is 0 Å². The third kappa shape index (κ3) is 18.1. The van der Waals surface area contributed by atoms with E-state index in [0.29, 0.717) is 6.42 Å². The van der Waals surface area contributed by atoms with Gasteiger partial charge in [-0.05, 0) is 20.3 Å². The molecule has 2 atom stereocenters. The Kier molecular flexibility index (Phi) is 15.4. The predicted molar refractivity (Wildman–Crippen MR) is 102 cm³/mol. The molecule has 0 heterocycles. The third-order valence-electron chi connectivity index (χ3n) is 4.80. The van der Waals surface area contributed by atoms with Crippen molar-refractivity contribution in [2.45, 2.75) is 135 Å². The highest BCUT2D eigenvalue weighted by atomic mass is 16.3. The van der Waals surface area contributed by atoms with Crippen molar-refractivity contribution in [1.82, 2.24) is 0 Å². The van der Waals surface area contributed by atoms with Crippen molar-refractivity contribution in [3.8, 4) is 0 Å². The lowest BCUT2D eigenvalue weighted by atomic mass is 9.92. The smallest absolute Gasteiger partial charge is 0.0644 e. The lowest BCUT2D eigenvalue weighted by molar-refractivity contribution is 0.000895. The molecule has 0 amide bonds. The second-order valence-corrected chi connectivity index (χ2v) is 7.90. The standard InChI is InChI=1S/C21H44O2/c1-4-5-6-7-8-9-10-11-12-13-14-15-16-17-18-21(3,23)19-20(2)22/h20,22-23H,4-19H2,1-3H3. The summed E-state index contributed by atoms with van der Waals surface area (Å²) in [6.07, 6.45) is 19.9. The quantitative estimate of drug-likeness (QED) is 0.304. The summed E-state index contributed by atoms with van der Waals surface area (Å²) in [5.74, 6) is 0. The minimum Gasteiger partial charge on any atom is -0.393 e. The largest absolute Gasteiger partial charge is 0.393 e. The summed E-state index contributed by atoms with van der Waals surface area (Å²) in [4.78, 5) is 0. The zero-order valence-electron chi connectivity index (χ0n) is 16.3. The number of aliphatic hydroxyl groups excluding tert-OH is 1. The third-order valence-corrected chi connectivity index (χ3v) is 4.80. The lowest BCUT2D eigenvalue weighted by Crippen LogP contribution is -2.28. The summed E-state index contributed by atoms with van der Waals surface area (Å²) in [7, 11) is 0. The highest BCUT2D eigenvalue weighted by molar-refractivity contribution is 4.74. The molecule has 23 heavy (non-hydrogen) atoms. The van der Waals surface area contributed by atoms with Crippen LogP contribution in [0, 0.1) is 0 Å². The molecule has 0 aromatic carbocycles. The molecule has 0 aliphatic rings. The van der Waals surface area contributed by atoms with Crippen LogP contribution < -0.4 is 0 Å². The predicted octanol–water partition coefficient (Wildman–Crippen LogP) is 6.38.